The maximum absolute atomic E-state index is 3.74. The highest BCUT2D eigenvalue weighted by Crippen LogP contribution is 2.39. The monoisotopic (exact) mass is 352 g/mol. The van der Waals surface area contributed by atoms with Crippen LogP contribution >= 0.6 is 15.9 Å². The van der Waals surface area contributed by atoms with Crippen molar-refractivity contribution in [1.82, 2.24) is 5.32 Å². The van der Waals surface area contributed by atoms with Crippen LogP contribution in [0, 0.1) is 5.41 Å². The second-order valence-corrected chi connectivity index (χ2v) is 7.54. The first-order chi connectivity index (χ1) is 9.99. The lowest BCUT2D eigenvalue weighted by molar-refractivity contribution is 0.301. The van der Waals surface area contributed by atoms with Crippen LogP contribution in [0.25, 0.3) is 0 Å². The summed E-state index contributed by atoms with van der Waals surface area (Å²) < 4.78 is 1.22. The molecule has 118 valence electrons. The Kier molecular flexibility index (Phi) is 5.73. The zero-order valence-corrected chi connectivity index (χ0v) is 15.5. The average Bonchev–Trinajstić information content (AvgIpc) is 2.91. The van der Waals surface area contributed by atoms with Crippen molar-refractivity contribution >= 4 is 21.6 Å². The standard InChI is InChI=1S/C18H29BrN2/c1-5-18(6-2)9-10-21(13-18)16-8-7-15(17(19)11-16)12-20-14(3)4/h7-8,11,14,20H,5-6,9-10,12-13H2,1-4H3. The number of hydrogen-bond donors (Lipinski definition) is 1. The summed E-state index contributed by atoms with van der Waals surface area (Å²) in [7, 11) is 0. The van der Waals surface area contributed by atoms with E-state index >= 15 is 0 Å². The molecule has 1 fully saturated rings. The van der Waals surface area contributed by atoms with Crippen LogP contribution in [0.4, 0.5) is 5.69 Å². The van der Waals surface area contributed by atoms with E-state index < -0.39 is 0 Å². The Labute approximate surface area is 138 Å². The van der Waals surface area contributed by atoms with Crippen molar-refractivity contribution in [2.75, 3.05) is 18.0 Å². The number of rotatable bonds is 6. The molecular formula is C18H29BrN2. The molecule has 1 aromatic rings. The predicted octanol–water partition coefficient (Wildman–Crippen LogP) is 4.96. The summed E-state index contributed by atoms with van der Waals surface area (Å²) in [5, 5.41) is 3.48. The van der Waals surface area contributed by atoms with Gasteiger partial charge in [-0.25, -0.2) is 0 Å². The fraction of sp³-hybridized carbons (Fsp3) is 0.667. The summed E-state index contributed by atoms with van der Waals surface area (Å²) in [4.78, 5) is 2.55. The van der Waals surface area contributed by atoms with Crippen molar-refractivity contribution < 1.29 is 0 Å². The van der Waals surface area contributed by atoms with Crippen LogP contribution in [0.2, 0.25) is 0 Å². The number of benzene rings is 1. The van der Waals surface area contributed by atoms with E-state index in [9.17, 15) is 0 Å². The van der Waals surface area contributed by atoms with Crippen LogP contribution < -0.4 is 10.2 Å². The quantitative estimate of drug-likeness (QED) is 0.777. The van der Waals surface area contributed by atoms with Crippen molar-refractivity contribution in [2.45, 2.75) is 59.5 Å². The summed E-state index contributed by atoms with van der Waals surface area (Å²) in [6.45, 7) is 12.4. The van der Waals surface area contributed by atoms with E-state index in [2.05, 4.69) is 72.0 Å². The van der Waals surface area contributed by atoms with E-state index in [1.54, 1.807) is 0 Å². The molecule has 0 aromatic heterocycles. The highest BCUT2D eigenvalue weighted by Gasteiger charge is 2.34. The van der Waals surface area contributed by atoms with Gasteiger partial charge in [-0.1, -0.05) is 49.7 Å². The van der Waals surface area contributed by atoms with Crippen LogP contribution in [0.5, 0.6) is 0 Å². The lowest BCUT2D eigenvalue weighted by atomic mass is 9.82. The molecule has 0 amide bonds. The van der Waals surface area contributed by atoms with Gasteiger partial charge in [0.15, 0.2) is 0 Å². The number of nitrogens with zero attached hydrogens (tertiary/aromatic N) is 1. The van der Waals surface area contributed by atoms with E-state index in [-0.39, 0.29) is 0 Å². The van der Waals surface area contributed by atoms with Crippen molar-refractivity contribution in [2.24, 2.45) is 5.41 Å². The van der Waals surface area contributed by atoms with E-state index in [0.717, 1.165) is 6.54 Å². The summed E-state index contributed by atoms with van der Waals surface area (Å²) in [6.07, 6.45) is 3.91. The zero-order valence-electron chi connectivity index (χ0n) is 13.9. The van der Waals surface area contributed by atoms with Gasteiger partial charge in [0.1, 0.15) is 0 Å². The first-order valence-electron chi connectivity index (χ1n) is 8.26. The van der Waals surface area contributed by atoms with Gasteiger partial charge in [0.05, 0.1) is 0 Å². The summed E-state index contributed by atoms with van der Waals surface area (Å²) >= 11 is 3.74. The zero-order chi connectivity index (χ0) is 15.5. The minimum Gasteiger partial charge on any atom is -0.371 e. The van der Waals surface area contributed by atoms with Crippen LogP contribution in [0.1, 0.15) is 52.5 Å². The fourth-order valence-electron chi connectivity index (χ4n) is 3.17. The molecule has 0 saturated carbocycles. The van der Waals surface area contributed by atoms with Crippen molar-refractivity contribution in [3.63, 3.8) is 0 Å². The third-order valence-corrected chi connectivity index (χ3v) is 5.78. The molecule has 0 spiro atoms. The van der Waals surface area contributed by atoms with Crippen LogP contribution in [-0.2, 0) is 6.54 Å². The van der Waals surface area contributed by atoms with Crippen LogP contribution in [-0.4, -0.2) is 19.1 Å². The Hall–Kier alpha value is -0.540. The molecule has 0 aliphatic carbocycles. The van der Waals surface area contributed by atoms with Gasteiger partial charge in [-0.15, -0.1) is 0 Å². The third kappa shape index (κ3) is 4.01. The minimum atomic E-state index is 0.518. The lowest BCUT2D eigenvalue weighted by Gasteiger charge is -2.27. The van der Waals surface area contributed by atoms with Gasteiger partial charge >= 0.3 is 0 Å². The van der Waals surface area contributed by atoms with Crippen LogP contribution in [0.3, 0.4) is 0 Å². The average molecular weight is 353 g/mol. The Morgan fingerprint density at radius 3 is 2.52 bits per heavy atom. The summed E-state index contributed by atoms with van der Waals surface area (Å²) in [5.74, 6) is 0. The Balaban J connectivity index is 2.07. The minimum absolute atomic E-state index is 0.518. The Morgan fingerprint density at radius 2 is 2.00 bits per heavy atom. The molecule has 1 N–H and O–H groups in total. The van der Waals surface area contributed by atoms with Gasteiger partial charge in [-0.3, -0.25) is 0 Å². The lowest BCUT2D eigenvalue weighted by Crippen LogP contribution is -2.26. The summed E-state index contributed by atoms with van der Waals surface area (Å²) in [6, 6.07) is 7.35. The van der Waals surface area contributed by atoms with E-state index in [4.69, 9.17) is 0 Å². The number of hydrogen-bond acceptors (Lipinski definition) is 2. The SMILES string of the molecule is CCC1(CC)CCN(c2ccc(CNC(C)C)c(Br)c2)C1. The Bertz CT molecular complexity index is 466. The van der Waals surface area contributed by atoms with Gasteiger partial charge in [-0.05, 0) is 42.4 Å². The van der Waals surface area contributed by atoms with E-state index in [0.29, 0.717) is 11.5 Å². The maximum Gasteiger partial charge on any atom is 0.0377 e. The molecule has 0 radical (unpaired) electrons. The number of nitrogens with one attached hydrogen (secondary N) is 1. The molecule has 3 heteroatoms. The molecule has 0 unspecified atom stereocenters. The molecule has 1 saturated heterocycles. The normalized spacial score (nSPS) is 17.7. The maximum atomic E-state index is 3.74. The first-order valence-corrected chi connectivity index (χ1v) is 9.05. The molecule has 1 heterocycles. The third-order valence-electron chi connectivity index (χ3n) is 5.04. The smallest absolute Gasteiger partial charge is 0.0377 e. The molecule has 1 aliphatic heterocycles. The second kappa shape index (κ2) is 7.15. The first kappa shape index (κ1) is 16.8. The van der Waals surface area contributed by atoms with Gasteiger partial charge in [0.25, 0.3) is 0 Å². The van der Waals surface area contributed by atoms with E-state index in [1.807, 2.05) is 0 Å². The topological polar surface area (TPSA) is 15.3 Å². The van der Waals surface area contributed by atoms with Gasteiger partial charge in [0.2, 0.25) is 0 Å². The van der Waals surface area contributed by atoms with Gasteiger partial charge < -0.3 is 10.2 Å². The number of halogens is 1. The van der Waals surface area contributed by atoms with Crippen molar-refractivity contribution in [3.05, 3.63) is 28.2 Å². The molecule has 0 bridgehead atoms. The molecule has 0 atom stereocenters. The van der Waals surface area contributed by atoms with Gasteiger partial charge in [0, 0.05) is 35.8 Å². The largest absolute Gasteiger partial charge is 0.371 e. The molecular weight excluding hydrogens is 324 g/mol. The molecule has 1 aliphatic rings. The molecule has 2 nitrogen and oxygen atoms in total. The highest BCUT2D eigenvalue weighted by atomic mass is 79.9. The number of anilines is 1. The fourth-order valence-corrected chi connectivity index (χ4v) is 3.68. The molecule has 1 aromatic carbocycles. The highest BCUT2D eigenvalue weighted by molar-refractivity contribution is 9.10. The Morgan fingerprint density at radius 1 is 1.29 bits per heavy atom. The van der Waals surface area contributed by atoms with Crippen molar-refractivity contribution in [3.8, 4) is 0 Å². The van der Waals surface area contributed by atoms with Gasteiger partial charge in [-0.2, -0.15) is 0 Å². The van der Waals surface area contributed by atoms with E-state index in [1.165, 1.54) is 48.1 Å². The van der Waals surface area contributed by atoms with Crippen molar-refractivity contribution in [1.29, 1.82) is 0 Å². The second-order valence-electron chi connectivity index (χ2n) is 6.69. The summed E-state index contributed by atoms with van der Waals surface area (Å²) in [5.41, 5.74) is 3.23. The molecule has 2 rings (SSSR count). The molecule has 21 heavy (non-hydrogen) atoms. The predicted molar refractivity (Wildman–Crippen MR) is 96.0 cm³/mol. The van der Waals surface area contributed by atoms with Crippen LogP contribution in [0.15, 0.2) is 22.7 Å².